The molecule has 0 unspecified atom stereocenters. The molecule has 0 N–H and O–H groups in total. The van der Waals surface area contributed by atoms with Crippen molar-refractivity contribution in [2.75, 3.05) is 34.3 Å². The molecule has 0 spiro atoms. The Morgan fingerprint density at radius 3 is 1.71 bits per heavy atom. The Morgan fingerprint density at radius 2 is 1.64 bits per heavy atom. The van der Waals surface area contributed by atoms with Crippen LogP contribution in [0.1, 0.15) is 20.3 Å². The number of quaternary nitrogens is 1. The molecule has 0 aliphatic heterocycles. The van der Waals surface area contributed by atoms with Crippen molar-refractivity contribution in [1.82, 2.24) is 0 Å². The zero-order valence-electron chi connectivity index (χ0n) is 9.61. The lowest BCUT2D eigenvalue weighted by Gasteiger charge is -2.27. The molecule has 14 heavy (non-hydrogen) atoms. The summed E-state index contributed by atoms with van der Waals surface area (Å²) in [5.41, 5.74) is 0. The highest BCUT2D eigenvalue weighted by atomic mass is 32.3. The van der Waals surface area contributed by atoms with E-state index in [0.29, 0.717) is 0 Å². The van der Waals surface area contributed by atoms with Gasteiger partial charge in [-0.2, -0.15) is 0 Å². The van der Waals surface area contributed by atoms with Gasteiger partial charge in [-0.05, 0) is 13.3 Å². The zero-order valence-corrected chi connectivity index (χ0v) is 10.4. The van der Waals surface area contributed by atoms with E-state index in [1.807, 2.05) is 0 Å². The molecule has 0 heterocycles. The molecule has 88 valence electrons. The lowest BCUT2D eigenvalue weighted by molar-refractivity contribution is -0.888. The van der Waals surface area contributed by atoms with Crippen LogP contribution in [-0.2, 0) is 14.6 Å². The van der Waals surface area contributed by atoms with Gasteiger partial charge in [0, 0.05) is 0 Å². The molecule has 0 saturated heterocycles. The summed E-state index contributed by atoms with van der Waals surface area (Å²) in [6.07, 6.45) is 1.29. The predicted molar refractivity (Wildman–Crippen MR) is 54.5 cm³/mol. The van der Waals surface area contributed by atoms with Gasteiger partial charge in [-0.15, -0.1) is 0 Å². The number of hydrogen-bond donors (Lipinski definition) is 0. The third kappa shape index (κ3) is 14.4. The average Bonchev–Trinajstić information content (AvgIpc) is 2.04. The molecule has 0 aliphatic carbocycles. The molecule has 0 aromatic heterocycles. The second kappa shape index (κ2) is 7.17. The van der Waals surface area contributed by atoms with Gasteiger partial charge in [0.2, 0.25) is 10.4 Å². The first-order valence-electron chi connectivity index (χ1n) is 4.52. The van der Waals surface area contributed by atoms with Crippen molar-refractivity contribution in [3.63, 3.8) is 0 Å². The molecule has 0 atom stereocenters. The molecule has 0 bridgehead atoms. The van der Waals surface area contributed by atoms with Crippen molar-refractivity contribution in [3.05, 3.63) is 0 Å². The predicted octanol–water partition coefficient (Wildman–Crippen LogP) is 0.586. The van der Waals surface area contributed by atoms with Crippen molar-refractivity contribution in [2.45, 2.75) is 20.3 Å². The Kier molecular flexibility index (Phi) is 8.33. The number of nitrogens with zero attached hydrogens (tertiary/aromatic N) is 1. The van der Waals surface area contributed by atoms with Crippen LogP contribution in [0, 0.1) is 0 Å². The maximum atomic E-state index is 9.22. The standard InChI is InChI=1S/C7H18N.CH4O4S/c1-5-7-8(3,4)6-2;1-5-6(2,3)4/h5-7H2,1-4H3;1H3,(H,2,3,4)/q+1;/p-1. The monoisotopic (exact) mass is 227 g/mol. The third-order valence-corrected chi connectivity index (χ3v) is 2.30. The van der Waals surface area contributed by atoms with Gasteiger partial charge in [-0.3, -0.25) is 4.18 Å². The molecule has 5 nitrogen and oxygen atoms in total. The molecule has 0 amide bonds. The van der Waals surface area contributed by atoms with Crippen molar-refractivity contribution in [2.24, 2.45) is 0 Å². The Morgan fingerprint density at radius 1 is 1.29 bits per heavy atom. The Balaban J connectivity index is 0. The molecular weight excluding hydrogens is 206 g/mol. The van der Waals surface area contributed by atoms with E-state index >= 15 is 0 Å². The molecular formula is C8H21NO4S. The Hall–Kier alpha value is -0.170. The van der Waals surface area contributed by atoms with E-state index in [0.717, 1.165) is 11.6 Å². The van der Waals surface area contributed by atoms with Crippen LogP contribution in [0.5, 0.6) is 0 Å². The van der Waals surface area contributed by atoms with E-state index < -0.39 is 10.4 Å². The fourth-order valence-electron chi connectivity index (χ4n) is 0.763. The van der Waals surface area contributed by atoms with Crippen LogP contribution < -0.4 is 0 Å². The highest BCUT2D eigenvalue weighted by Crippen LogP contribution is 1.95. The molecule has 0 saturated carbocycles. The molecule has 0 fully saturated rings. The molecule has 6 heteroatoms. The van der Waals surface area contributed by atoms with E-state index in [1.54, 1.807) is 0 Å². The van der Waals surface area contributed by atoms with Gasteiger partial charge in [0.25, 0.3) is 0 Å². The van der Waals surface area contributed by atoms with E-state index in [2.05, 4.69) is 32.1 Å². The topological polar surface area (TPSA) is 66.4 Å². The zero-order chi connectivity index (χ0) is 11.8. The first-order chi connectivity index (χ1) is 6.18. The molecule has 0 aromatic carbocycles. The summed E-state index contributed by atoms with van der Waals surface area (Å²) in [6.45, 7) is 7.01. The summed E-state index contributed by atoms with van der Waals surface area (Å²) < 4.78 is 32.2. The van der Waals surface area contributed by atoms with Gasteiger partial charge in [-0.25, -0.2) is 8.42 Å². The van der Waals surface area contributed by atoms with E-state index in [1.165, 1.54) is 19.5 Å². The van der Waals surface area contributed by atoms with Crippen LogP contribution in [0.4, 0.5) is 0 Å². The minimum absolute atomic E-state index is 0.808. The van der Waals surface area contributed by atoms with Crippen LogP contribution >= 0.6 is 0 Å². The van der Waals surface area contributed by atoms with Crippen molar-refractivity contribution in [3.8, 4) is 0 Å². The largest absolute Gasteiger partial charge is 0.726 e. The molecule has 0 aromatic rings. The average molecular weight is 227 g/mol. The lowest BCUT2D eigenvalue weighted by atomic mass is 10.4. The highest BCUT2D eigenvalue weighted by molar-refractivity contribution is 7.80. The minimum Gasteiger partial charge on any atom is -0.726 e. The Labute approximate surface area is 87.2 Å². The quantitative estimate of drug-likeness (QED) is 0.400. The van der Waals surface area contributed by atoms with E-state index in [9.17, 15) is 13.0 Å². The van der Waals surface area contributed by atoms with Gasteiger partial charge in [0.05, 0.1) is 34.3 Å². The second-order valence-corrected chi connectivity index (χ2v) is 4.70. The van der Waals surface area contributed by atoms with Crippen LogP contribution in [0.3, 0.4) is 0 Å². The normalized spacial score (nSPS) is 11.9. The summed E-state index contributed by atoms with van der Waals surface area (Å²) in [5, 5.41) is 0. The number of rotatable bonds is 4. The van der Waals surface area contributed by atoms with Crippen molar-refractivity contribution < 1.29 is 21.6 Å². The first kappa shape index (κ1) is 16.3. The van der Waals surface area contributed by atoms with Gasteiger partial charge in [0.1, 0.15) is 0 Å². The fraction of sp³-hybridized carbons (Fsp3) is 1.00. The summed E-state index contributed by atoms with van der Waals surface area (Å²) in [5.74, 6) is 0. The van der Waals surface area contributed by atoms with Crippen LogP contribution in [0.15, 0.2) is 0 Å². The fourth-order valence-corrected chi connectivity index (χ4v) is 0.763. The second-order valence-electron chi connectivity index (χ2n) is 3.55. The molecule has 0 radical (unpaired) electrons. The minimum atomic E-state index is -4.41. The smallest absolute Gasteiger partial charge is 0.217 e. The maximum absolute atomic E-state index is 9.22. The maximum Gasteiger partial charge on any atom is 0.217 e. The van der Waals surface area contributed by atoms with Crippen molar-refractivity contribution >= 4 is 10.4 Å². The molecule has 0 rings (SSSR count). The SMILES string of the molecule is CCC[N+](C)(C)CC.COS(=O)(=O)[O-]. The van der Waals surface area contributed by atoms with Gasteiger partial charge >= 0.3 is 0 Å². The highest BCUT2D eigenvalue weighted by Gasteiger charge is 2.07. The van der Waals surface area contributed by atoms with Crippen LogP contribution in [-0.4, -0.2) is 51.7 Å². The first-order valence-corrected chi connectivity index (χ1v) is 5.85. The summed E-state index contributed by atoms with van der Waals surface area (Å²) in [6, 6.07) is 0. The van der Waals surface area contributed by atoms with Gasteiger partial charge in [-0.1, -0.05) is 6.92 Å². The summed E-state index contributed by atoms with van der Waals surface area (Å²) >= 11 is 0. The van der Waals surface area contributed by atoms with Crippen LogP contribution in [0.25, 0.3) is 0 Å². The van der Waals surface area contributed by atoms with E-state index in [4.69, 9.17) is 0 Å². The van der Waals surface area contributed by atoms with Crippen LogP contribution in [0.2, 0.25) is 0 Å². The third-order valence-electron chi connectivity index (χ3n) is 1.89. The Bertz CT molecular complexity index is 223. The molecule has 0 aliphatic rings. The number of hydrogen-bond acceptors (Lipinski definition) is 4. The van der Waals surface area contributed by atoms with Crippen molar-refractivity contribution in [1.29, 1.82) is 0 Å². The lowest BCUT2D eigenvalue weighted by Crippen LogP contribution is -2.39. The van der Waals surface area contributed by atoms with E-state index in [-0.39, 0.29) is 0 Å². The van der Waals surface area contributed by atoms with Gasteiger partial charge in [0.15, 0.2) is 0 Å². The summed E-state index contributed by atoms with van der Waals surface area (Å²) in [7, 11) is 0.931. The summed E-state index contributed by atoms with van der Waals surface area (Å²) in [4.78, 5) is 0. The van der Waals surface area contributed by atoms with Gasteiger partial charge < -0.3 is 9.04 Å².